The van der Waals surface area contributed by atoms with E-state index in [0.717, 1.165) is 31.5 Å². The monoisotopic (exact) mass is 359 g/mol. The van der Waals surface area contributed by atoms with E-state index in [4.69, 9.17) is 10.2 Å². The van der Waals surface area contributed by atoms with E-state index in [1.807, 2.05) is 30.3 Å². The number of nitrogens with zero attached hydrogens (tertiary/aromatic N) is 2. The molecule has 0 unspecified atom stereocenters. The second-order valence-corrected chi connectivity index (χ2v) is 5.41. The van der Waals surface area contributed by atoms with Crippen molar-refractivity contribution in [2.24, 2.45) is 5.73 Å². The van der Waals surface area contributed by atoms with Gasteiger partial charge >= 0.3 is 6.01 Å². The van der Waals surface area contributed by atoms with Gasteiger partial charge in [0.15, 0.2) is 0 Å². The van der Waals surface area contributed by atoms with E-state index in [-0.39, 0.29) is 30.9 Å². The molecule has 1 aromatic carbocycles. The van der Waals surface area contributed by atoms with Gasteiger partial charge in [-0.05, 0) is 37.9 Å². The van der Waals surface area contributed by atoms with E-state index in [0.29, 0.717) is 24.4 Å². The van der Waals surface area contributed by atoms with Gasteiger partial charge in [0.05, 0.1) is 6.04 Å². The van der Waals surface area contributed by atoms with E-state index in [1.54, 1.807) is 0 Å². The molecule has 0 aliphatic carbocycles. The fourth-order valence-electron chi connectivity index (χ4n) is 2.54. The highest BCUT2D eigenvalue weighted by atomic mass is 35.5. The smallest absolute Gasteiger partial charge is 0.315 e. The van der Waals surface area contributed by atoms with Gasteiger partial charge in [0, 0.05) is 6.04 Å². The molecule has 1 saturated heterocycles. The first-order valence-corrected chi connectivity index (χ1v) is 7.41. The van der Waals surface area contributed by atoms with E-state index < -0.39 is 0 Å². The second kappa shape index (κ2) is 9.72. The van der Waals surface area contributed by atoms with Crippen molar-refractivity contribution in [2.75, 3.05) is 18.4 Å². The van der Waals surface area contributed by atoms with Gasteiger partial charge in [-0.25, -0.2) is 0 Å². The van der Waals surface area contributed by atoms with Gasteiger partial charge in [-0.2, -0.15) is 0 Å². The minimum absolute atomic E-state index is 0. The first kappa shape index (κ1) is 19.7. The van der Waals surface area contributed by atoms with Crippen molar-refractivity contribution < 1.29 is 4.42 Å². The van der Waals surface area contributed by atoms with Gasteiger partial charge in [0.1, 0.15) is 0 Å². The van der Waals surface area contributed by atoms with E-state index in [1.165, 1.54) is 0 Å². The normalized spacial score (nSPS) is 16.0. The Hall–Kier alpha value is -1.34. The number of benzene rings is 1. The van der Waals surface area contributed by atoms with Crippen LogP contribution in [0, 0.1) is 0 Å². The molecule has 8 heteroatoms. The molecule has 0 amide bonds. The van der Waals surface area contributed by atoms with Crippen molar-refractivity contribution >= 4 is 30.8 Å². The molecule has 3 rings (SSSR count). The molecule has 1 aliphatic heterocycles. The van der Waals surface area contributed by atoms with Gasteiger partial charge in [-0.3, -0.25) is 0 Å². The predicted molar refractivity (Wildman–Crippen MR) is 95.4 cm³/mol. The lowest BCUT2D eigenvalue weighted by Gasteiger charge is -2.22. The number of anilines is 1. The molecule has 1 fully saturated rings. The fourth-order valence-corrected chi connectivity index (χ4v) is 2.54. The molecule has 1 atom stereocenters. The molecule has 0 spiro atoms. The molecule has 2 heterocycles. The maximum atomic E-state index is 6.14. The van der Waals surface area contributed by atoms with Crippen LogP contribution in [0.3, 0.4) is 0 Å². The summed E-state index contributed by atoms with van der Waals surface area (Å²) in [5.74, 6) is 0.482. The zero-order valence-corrected chi connectivity index (χ0v) is 14.4. The van der Waals surface area contributed by atoms with Crippen molar-refractivity contribution in [3.63, 3.8) is 0 Å². The zero-order valence-electron chi connectivity index (χ0n) is 12.8. The largest absolute Gasteiger partial charge is 0.406 e. The van der Waals surface area contributed by atoms with Gasteiger partial charge < -0.3 is 20.8 Å². The van der Waals surface area contributed by atoms with Crippen LogP contribution in [0.25, 0.3) is 0 Å². The van der Waals surface area contributed by atoms with Crippen LogP contribution in [0.1, 0.15) is 30.3 Å². The summed E-state index contributed by atoms with van der Waals surface area (Å²) in [6, 6.07) is 10.7. The lowest BCUT2D eigenvalue weighted by Crippen LogP contribution is -2.35. The van der Waals surface area contributed by atoms with Crippen LogP contribution < -0.4 is 16.4 Å². The summed E-state index contributed by atoms with van der Waals surface area (Å²) in [4.78, 5) is 0. The summed E-state index contributed by atoms with van der Waals surface area (Å²) < 4.78 is 5.64. The summed E-state index contributed by atoms with van der Waals surface area (Å²) in [6.45, 7) is 2.04. The van der Waals surface area contributed by atoms with Gasteiger partial charge in [0.25, 0.3) is 0 Å². The van der Waals surface area contributed by atoms with Crippen LogP contribution in [0.4, 0.5) is 6.01 Å². The number of halogens is 2. The van der Waals surface area contributed by atoms with Crippen molar-refractivity contribution in [2.45, 2.75) is 31.3 Å². The Morgan fingerprint density at radius 2 is 1.87 bits per heavy atom. The third kappa shape index (κ3) is 5.66. The van der Waals surface area contributed by atoms with E-state index in [2.05, 4.69) is 20.8 Å². The SMILES string of the molecule is Cl.Cl.N[C@H](Cc1ccccc1)c1nnc(NC2CCNCC2)o1. The zero-order chi connectivity index (χ0) is 14.5. The molecule has 0 bridgehead atoms. The lowest BCUT2D eigenvalue weighted by molar-refractivity contribution is 0.434. The summed E-state index contributed by atoms with van der Waals surface area (Å²) >= 11 is 0. The van der Waals surface area contributed by atoms with Gasteiger partial charge in [-0.1, -0.05) is 35.4 Å². The van der Waals surface area contributed by atoms with Crippen molar-refractivity contribution in [1.82, 2.24) is 15.5 Å². The molecule has 0 radical (unpaired) electrons. The number of rotatable bonds is 5. The number of hydrogen-bond donors (Lipinski definition) is 3. The number of hydrogen-bond acceptors (Lipinski definition) is 6. The third-order valence-corrected chi connectivity index (χ3v) is 3.72. The molecule has 128 valence electrons. The molecule has 1 aromatic heterocycles. The molecule has 2 aromatic rings. The highest BCUT2D eigenvalue weighted by molar-refractivity contribution is 5.85. The van der Waals surface area contributed by atoms with Gasteiger partial charge in [-0.15, -0.1) is 29.9 Å². The number of piperidine rings is 1. The average molecular weight is 360 g/mol. The Kier molecular flexibility index (Phi) is 8.33. The average Bonchev–Trinajstić information content (AvgIpc) is 2.98. The maximum Gasteiger partial charge on any atom is 0.315 e. The highest BCUT2D eigenvalue weighted by Crippen LogP contribution is 2.18. The van der Waals surface area contributed by atoms with Crippen molar-refractivity contribution in [3.05, 3.63) is 41.8 Å². The highest BCUT2D eigenvalue weighted by Gasteiger charge is 2.18. The first-order chi connectivity index (χ1) is 10.3. The predicted octanol–water partition coefficient (Wildman–Crippen LogP) is 2.32. The van der Waals surface area contributed by atoms with E-state index >= 15 is 0 Å². The minimum atomic E-state index is -0.275. The van der Waals surface area contributed by atoms with Crippen molar-refractivity contribution in [3.8, 4) is 0 Å². The van der Waals surface area contributed by atoms with Crippen LogP contribution in [-0.2, 0) is 6.42 Å². The second-order valence-electron chi connectivity index (χ2n) is 5.41. The Balaban J connectivity index is 0.00000132. The number of nitrogens with two attached hydrogens (primary N) is 1. The molecule has 6 nitrogen and oxygen atoms in total. The maximum absolute atomic E-state index is 6.14. The van der Waals surface area contributed by atoms with Crippen LogP contribution in [0.2, 0.25) is 0 Å². The van der Waals surface area contributed by atoms with Crippen LogP contribution in [-0.4, -0.2) is 29.3 Å². The Morgan fingerprint density at radius 3 is 2.57 bits per heavy atom. The Labute approximate surface area is 148 Å². The topological polar surface area (TPSA) is 89.0 Å². The van der Waals surface area contributed by atoms with Crippen LogP contribution in [0.15, 0.2) is 34.7 Å². The van der Waals surface area contributed by atoms with Crippen LogP contribution in [0.5, 0.6) is 0 Å². The quantitative estimate of drug-likeness (QED) is 0.758. The summed E-state index contributed by atoms with van der Waals surface area (Å²) in [5.41, 5.74) is 7.30. The number of aromatic nitrogens is 2. The summed E-state index contributed by atoms with van der Waals surface area (Å²) in [5, 5.41) is 14.7. The first-order valence-electron chi connectivity index (χ1n) is 7.41. The molecule has 4 N–H and O–H groups in total. The molecule has 0 saturated carbocycles. The molecule has 23 heavy (non-hydrogen) atoms. The molecule has 1 aliphatic rings. The molecular weight excluding hydrogens is 337 g/mol. The van der Waals surface area contributed by atoms with E-state index in [9.17, 15) is 0 Å². The number of nitrogens with one attached hydrogen (secondary N) is 2. The standard InChI is InChI=1S/C15H21N5O.2ClH/c16-13(10-11-4-2-1-3-5-11)14-19-20-15(21-14)18-12-6-8-17-9-7-12;;/h1-5,12-13,17H,6-10,16H2,(H,18,20);2*1H/t13-;;/m1../s1. The minimum Gasteiger partial charge on any atom is -0.406 e. The van der Waals surface area contributed by atoms with Crippen LogP contribution >= 0.6 is 24.8 Å². The Bertz CT molecular complexity index is 560. The molecular formula is C15H23Cl2N5O. The summed E-state index contributed by atoms with van der Waals surface area (Å²) in [6.07, 6.45) is 2.82. The van der Waals surface area contributed by atoms with Crippen molar-refractivity contribution in [1.29, 1.82) is 0 Å². The third-order valence-electron chi connectivity index (χ3n) is 3.72. The lowest BCUT2D eigenvalue weighted by atomic mass is 10.1. The van der Waals surface area contributed by atoms with Gasteiger partial charge in [0.2, 0.25) is 5.89 Å². The fraction of sp³-hybridized carbons (Fsp3) is 0.467. The summed E-state index contributed by atoms with van der Waals surface area (Å²) in [7, 11) is 0. The Morgan fingerprint density at radius 1 is 1.17 bits per heavy atom.